The average molecular weight is 384 g/mol. The molecule has 0 aliphatic heterocycles. The van der Waals surface area contributed by atoms with Crippen molar-refractivity contribution < 1.29 is 19.1 Å². The highest BCUT2D eigenvalue weighted by Crippen LogP contribution is 2.19. The Balaban J connectivity index is 1.89. The summed E-state index contributed by atoms with van der Waals surface area (Å²) in [6, 6.07) is 14.0. The van der Waals surface area contributed by atoms with Crippen molar-refractivity contribution in [3.63, 3.8) is 0 Å². The Morgan fingerprint density at radius 1 is 1.00 bits per heavy atom. The van der Waals surface area contributed by atoms with Crippen LogP contribution in [0.3, 0.4) is 0 Å². The van der Waals surface area contributed by atoms with Crippen LogP contribution in [-0.4, -0.2) is 31.6 Å². The van der Waals surface area contributed by atoms with Gasteiger partial charge in [0.2, 0.25) is 0 Å². The maximum Gasteiger partial charge on any atom is 0.257 e. The molecule has 2 rings (SSSR count). The zero-order valence-electron chi connectivity index (χ0n) is 16.7. The Morgan fingerprint density at radius 3 is 2.43 bits per heavy atom. The van der Waals surface area contributed by atoms with Crippen LogP contribution in [0.15, 0.2) is 48.5 Å². The van der Waals surface area contributed by atoms with Crippen molar-refractivity contribution in [2.45, 2.75) is 27.2 Å². The molecule has 0 aromatic heterocycles. The molecule has 0 spiro atoms. The van der Waals surface area contributed by atoms with Crippen molar-refractivity contribution >= 4 is 17.5 Å². The molecule has 0 unspecified atom stereocenters. The lowest BCUT2D eigenvalue weighted by Crippen LogP contribution is -2.28. The number of ether oxygens (including phenoxy) is 2. The fourth-order valence-corrected chi connectivity index (χ4v) is 2.38. The molecule has 0 saturated carbocycles. The van der Waals surface area contributed by atoms with Gasteiger partial charge in [0.1, 0.15) is 11.5 Å². The Kier molecular flexibility index (Phi) is 8.34. The lowest BCUT2D eigenvalue weighted by Gasteiger charge is -2.10. The summed E-state index contributed by atoms with van der Waals surface area (Å²) in [6.45, 7) is 7.29. The zero-order valence-corrected chi connectivity index (χ0v) is 16.7. The van der Waals surface area contributed by atoms with Crippen molar-refractivity contribution in [3.8, 4) is 11.5 Å². The molecule has 0 fully saturated rings. The molecule has 6 nitrogen and oxygen atoms in total. The van der Waals surface area contributed by atoms with Crippen LogP contribution < -0.4 is 20.1 Å². The molecule has 2 amide bonds. The number of amides is 2. The highest BCUT2D eigenvalue weighted by atomic mass is 16.5. The molecule has 0 bridgehead atoms. The summed E-state index contributed by atoms with van der Waals surface area (Å²) in [5, 5.41) is 5.49. The van der Waals surface area contributed by atoms with Crippen LogP contribution in [0.4, 0.5) is 5.69 Å². The van der Waals surface area contributed by atoms with Gasteiger partial charge < -0.3 is 20.1 Å². The number of nitrogens with one attached hydrogen (secondary N) is 2. The normalized spacial score (nSPS) is 10.4. The van der Waals surface area contributed by atoms with Gasteiger partial charge in [-0.15, -0.1) is 0 Å². The van der Waals surface area contributed by atoms with Gasteiger partial charge in [-0.3, -0.25) is 9.59 Å². The first-order chi connectivity index (χ1) is 13.5. The van der Waals surface area contributed by atoms with Crippen molar-refractivity contribution in [1.82, 2.24) is 5.32 Å². The average Bonchev–Trinajstić information content (AvgIpc) is 2.67. The lowest BCUT2D eigenvalue weighted by atomic mass is 10.1. The van der Waals surface area contributed by atoms with Crippen LogP contribution in [0.1, 0.15) is 37.6 Å². The summed E-state index contributed by atoms with van der Waals surface area (Å²) in [5.74, 6) is 1.43. The molecule has 2 aromatic rings. The summed E-state index contributed by atoms with van der Waals surface area (Å²) < 4.78 is 11.1. The van der Waals surface area contributed by atoms with Crippen molar-refractivity contribution in [2.75, 3.05) is 25.1 Å². The predicted molar refractivity (Wildman–Crippen MR) is 110 cm³/mol. The van der Waals surface area contributed by atoms with Crippen LogP contribution in [-0.2, 0) is 4.79 Å². The third-order valence-electron chi connectivity index (χ3n) is 3.92. The molecule has 28 heavy (non-hydrogen) atoms. The molecule has 6 heteroatoms. The van der Waals surface area contributed by atoms with E-state index >= 15 is 0 Å². The number of hydrogen-bond acceptors (Lipinski definition) is 4. The first-order valence-corrected chi connectivity index (χ1v) is 9.51. The van der Waals surface area contributed by atoms with E-state index in [1.54, 1.807) is 48.5 Å². The zero-order chi connectivity index (χ0) is 20.4. The Bertz CT molecular complexity index is 772. The van der Waals surface area contributed by atoms with Gasteiger partial charge in [-0.2, -0.15) is 0 Å². The van der Waals surface area contributed by atoms with E-state index in [0.29, 0.717) is 36.1 Å². The monoisotopic (exact) mass is 384 g/mol. The summed E-state index contributed by atoms with van der Waals surface area (Å²) in [5.41, 5.74) is 1.13. The molecule has 2 aromatic carbocycles. The van der Waals surface area contributed by atoms with Gasteiger partial charge >= 0.3 is 0 Å². The van der Waals surface area contributed by atoms with E-state index in [1.165, 1.54) is 0 Å². The summed E-state index contributed by atoms with van der Waals surface area (Å²) in [4.78, 5) is 23.9. The standard InChI is InChI=1S/C22H28N2O4/c1-4-23-21(25)15-28-20-7-5-6-18(14-20)24-22(26)17-8-10-19(11-9-17)27-13-12-16(2)3/h5-11,14,16H,4,12-13,15H2,1-3H3,(H,23,25)(H,24,26). The fourth-order valence-electron chi connectivity index (χ4n) is 2.38. The molecule has 0 aliphatic carbocycles. The third-order valence-corrected chi connectivity index (χ3v) is 3.92. The van der Waals surface area contributed by atoms with Gasteiger partial charge in [0.15, 0.2) is 6.61 Å². The molecular weight excluding hydrogens is 356 g/mol. The van der Waals surface area contributed by atoms with E-state index in [1.807, 2.05) is 6.92 Å². The van der Waals surface area contributed by atoms with E-state index in [4.69, 9.17) is 9.47 Å². The lowest BCUT2D eigenvalue weighted by molar-refractivity contribution is -0.122. The number of rotatable bonds is 10. The van der Waals surface area contributed by atoms with Crippen molar-refractivity contribution in [2.24, 2.45) is 5.92 Å². The Morgan fingerprint density at radius 2 is 1.75 bits per heavy atom. The van der Waals surface area contributed by atoms with Gasteiger partial charge in [0, 0.05) is 23.9 Å². The molecule has 0 atom stereocenters. The maximum absolute atomic E-state index is 12.4. The number of likely N-dealkylation sites (N-methyl/N-ethyl adjacent to an activating group) is 1. The topological polar surface area (TPSA) is 76.7 Å². The minimum absolute atomic E-state index is 0.0660. The molecule has 2 N–H and O–H groups in total. The molecule has 0 aliphatic rings. The highest BCUT2D eigenvalue weighted by Gasteiger charge is 2.08. The highest BCUT2D eigenvalue weighted by molar-refractivity contribution is 6.04. The second-order valence-corrected chi connectivity index (χ2v) is 6.78. The first-order valence-electron chi connectivity index (χ1n) is 9.51. The Hall–Kier alpha value is -3.02. The second kappa shape index (κ2) is 11.0. The number of carbonyl (C=O) groups is 2. The van der Waals surface area contributed by atoms with E-state index in [9.17, 15) is 9.59 Å². The molecule has 0 heterocycles. The fraction of sp³-hybridized carbons (Fsp3) is 0.364. The van der Waals surface area contributed by atoms with E-state index in [2.05, 4.69) is 24.5 Å². The smallest absolute Gasteiger partial charge is 0.257 e. The minimum Gasteiger partial charge on any atom is -0.494 e. The maximum atomic E-state index is 12.4. The number of carbonyl (C=O) groups excluding carboxylic acids is 2. The van der Waals surface area contributed by atoms with E-state index in [0.717, 1.165) is 12.2 Å². The van der Waals surface area contributed by atoms with Crippen LogP contribution in [0.5, 0.6) is 11.5 Å². The van der Waals surface area contributed by atoms with Crippen LogP contribution >= 0.6 is 0 Å². The molecule has 0 radical (unpaired) electrons. The van der Waals surface area contributed by atoms with Crippen LogP contribution in [0, 0.1) is 5.92 Å². The van der Waals surface area contributed by atoms with Crippen molar-refractivity contribution in [1.29, 1.82) is 0 Å². The number of hydrogen-bond donors (Lipinski definition) is 2. The van der Waals surface area contributed by atoms with Gasteiger partial charge in [0.25, 0.3) is 11.8 Å². The molecular formula is C22H28N2O4. The van der Waals surface area contributed by atoms with Gasteiger partial charge in [-0.25, -0.2) is 0 Å². The van der Waals surface area contributed by atoms with E-state index in [-0.39, 0.29) is 18.4 Å². The molecule has 150 valence electrons. The SMILES string of the molecule is CCNC(=O)COc1cccc(NC(=O)c2ccc(OCCC(C)C)cc2)c1. The van der Waals surface area contributed by atoms with Gasteiger partial charge in [-0.1, -0.05) is 19.9 Å². The van der Waals surface area contributed by atoms with E-state index < -0.39 is 0 Å². The molecule has 0 saturated heterocycles. The van der Waals surface area contributed by atoms with Crippen LogP contribution in [0.2, 0.25) is 0 Å². The number of anilines is 1. The quantitative estimate of drug-likeness (QED) is 0.652. The third kappa shape index (κ3) is 7.31. The Labute approximate surface area is 166 Å². The predicted octanol–water partition coefficient (Wildman–Crippen LogP) is 3.88. The number of benzene rings is 2. The minimum atomic E-state index is -0.227. The first kappa shape index (κ1) is 21.3. The van der Waals surface area contributed by atoms with Gasteiger partial charge in [-0.05, 0) is 55.7 Å². The summed E-state index contributed by atoms with van der Waals surface area (Å²) in [6.07, 6.45) is 0.987. The van der Waals surface area contributed by atoms with Crippen LogP contribution in [0.25, 0.3) is 0 Å². The van der Waals surface area contributed by atoms with Gasteiger partial charge in [0.05, 0.1) is 6.61 Å². The largest absolute Gasteiger partial charge is 0.494 e. The summed E-state index contributed by atoms with van der Waals surface area (Å²) >= 11 is 0. The van der Waals surface area contributed by atoms with Crippen molar-refractivity contribution in [3.05, 3.63) is 54.1 Å². The second-order valence-electron chi connectivity index (χ2n) is 6.78. The summed E-state index contributed by atoms with van der Waals surface area (Å²) in [7, 11) is 0.